The number of allylic oxidation sites excluding steroid dienone is 1. The van der Waals surface area contributed by atoms with Crippen molar-refractivity contribution in [3.05, 3.63) is 41.2 Å². The largest absolute Gasteiger partial charge is 0.299 e. The van der Waals surface area contributed by atoms with E-state index in [-0.39, 0.29) is 0 Å². The third kappa shape index (κ3) is 1.28. The average Bonchev–Trinajstić information content (AvgIpc) is 2.53. The van der Waals surface area contributed by atoms with E-state index in [0.29, 0.717) is 11.1 Å². The molecule has 0 aromatic carbocycles. The zero-order valence-electron chi connectivity index (χ0n) is 9.07. The van der Waals surface area contributed by atoms with Gasteiger partial charge in [-0.15, -0.1) is 0 Å². The fourth-order valence-corrected chi connectivity index (χ4v) is 2.59. The van der Waals surface area contributed by atoms with E-state index in [0.717, 1.165) is 29.9 Å². The Hall–Kier alpha value is -1.35. The summed E-state index contributed by atoms with van der Waals surface area (Å²) in [5.41, 5.74) is 3.18. The highest BCUT2D eigenvalue weighted by Crippen LogP contribution is 2.40. The molecular formula is C12H12ClN3. The Balaban J connectivity index is 2.19. The van der Waals surface area contributed by atoms with E-state index in [1.54, 1.807) is 6.20 Å². The summed E-state index contributed by atoms with van der Waals surface area (Å²) in [7, 11) is 0. The van der Waals surface area contributed by atoms with E-state index in [1.807, 2.05) is 13.1 Å². The topological polar surface area (TPSA) is 30.2 Å². The van der Waals surface area contributed by atoms with Crippen molar-refractivity contribution >= 4 is 17.1 Å². The molecule has 2 aromatic heterocycles. The van der Waals surface area contributed by atoms with Gasteiger partial charge in [-0.1, -0.05) is 23.8 Å². The molecule has 0 amide bonds. The summed E-state index contributed by atoms with van der Waals surface area (Å²) < 4.78 is 2.06. The maximum atomic E-state index is 6.08. The molecule has 3 rings (SSSR count). The average molecular weight is 234 g/mol. The third-order valence-electron chi connectivity index (χ3n) is 3.15. The molecular weight excluding hydrogens is 222 g/mol. The van der Waals surface area contributed by atoms with E-state index >= 15 is 0 Å². The molecule has 1 aliphatic carbocycles. The lowest BCUT2D eigenvalue weighted by Gasteiger charge is -2.27. The Kier molecular flexibility index (Phi) is 2.04. The van der Waals surface area contributed by atoms with Crippen LogP contribution in [0, 0.1) is 6.92 Å². The summed E-state index contributed by atoms with van der Waals surface area (Å²) >= 11 is 6.08. The van der Waals surface area contributed by atoms with Crippen molar-refractivity contribution in [2.75, 3.05) is 0 Å². The Labute approximate surface area is 98.8 Å². The molecule has 2 aromatic rings. The quantitative estimate of drug-likeness (QED) is 0.709. The number of aryl methyl sites for hydroxylation is 1. The number of nitrogens with zero attached hydrogens (tertiary/aromatic N) is 3. The van der Waals surface area contributed by atoms with Gasteiger partial charge in [-0.25, -0.2) is 9.97 Å². The first-order valence-electron chi connectivity index (χ1n) is 5.32. The van der Waals surface area contributed by atoms with Crippen molar-refractivity contribution in [3.8, 4) is 0 Å². The molecule has 1 fully saturated rings. The predicted molar refractivity (Wildman–Crippen MR) is 63.8 cm³/mol. The highest BCUT2D eigenvalue weighted by atomic mass is 35.5. The van der Waals surface area contributed by atoms with E-state index in [2.05, 4.69) is 20.9 Å². The lowest BCUT2D eigenvalue weighted by molar-refractivity contribution is 0.520. The molecule has 0 spiro atoms. The molecule has 2 heterocycles. The maximum Gasteiger partial charge on any atom is 0.154 e. The van der Waals surface area contributed by atoms with Crippen LogP contribution in [0.1, 0.15) is 30.3 Å². The summed E-state index contributed by atoms with van der Waals surface area (Å²) in [5, 5.41) is 0.525. The van der Waals surface area contributed by atoms with Crippen LogP contribution in [0.4, 0.5) is 0 Å². The van der Waals surface area contributed by atoms with Crippen LogP contribution in [-0.4, -0.2) is 14.4 Å². The van der Waals surface area contributed by atoms with Gasteiger partial charge in [0.2, 0.25) is 0 Å². The first-order valence-corrected chi connectivity index (χ1v) is 5.70. The summed E-state index contributed by atoms with van der Waals surface area (Å²) in [6, 6.07) is 0. The molecule has 0 saturated heterocycles. The number of rotatable bonds is 1. The molecule has 0 aliphatic heterocycles. The Morgan fingerprint density at radius 3 is 2.94 bits per heavy atom. The molecule has 0 unspecified atom stereocenters. The Morgan fingerprint density at radius 1 is 1.50 bits per heavy atom. The van der Waals surface area contributed by atoms with E-state index in [4.69, 9.17) is 11.6 Å². The summed E-state index contributed by atoms with van der Waals surface area (Å²) in [5.74, 6) is 1.58. The van der Waals surface area contributed by atoms with Crippen LogP contribution in [-0.2, 0) is 0 Å². The van der Waals surface area contributed by atoms with E-state index in [9.17, 15) is 0 Å². The van der Waals surface area contributed by atoms with Crippen molar-refractivity contribution in [1.29, 1.82) is 0 Å². The fraction of sp³-hybridized carbons (Fsp3) is 0.333. The van der Waals surface area contributed by atoms with Crippen LogP contribution in [0.15, 0.2) is 24.5 Å². The van der Waals surface area contributed by atoms with Crippen molar-refractivity contribution in [2.24, 2.45) is 0 Å². The first-order chi connectivity index (χ1) is 7.66. The van der Waals surface area contributed by atoms with Gasteiger partial charge in [0.05, 0.1) is 5.69 Å². The normalized spacial score (nSPS) is 16.8. The lowest BCUT2D eigenvalue weighted by atomic mass is 9.80. The van der Waals surface area contributed by atoms with Crippen LogP contribution in [0.5, 0.6) is 0 Å². The molecule has 4 heteroatoms. The minimum Gasteiger partial charge on any atom is -0.299 e. The zero-order valence-corrected chi connectivity index (χ0v) is 9.83. The standard InChI is InChI=1S/C12H12ClN3/c1-7-5-9(6-7)12-15-8(2)10-11(13)14-3-4-16(10)12/h3-4,9H,1,5-6H2,2H3. The van der Waals surface area contributed by atoms with Crippen molar-refractivity contribution in [3.63, 3.8) is 0 Å². The van der Waals surface area contributed by atoms with E-state index < -0.39 is 0 Å². The van der Waals surface area contributed by atoms with Gasteiger partial charge < -0.3 is 0 Å². The number of fused-ring (bicyclic) bond motifs is 1. The second-order valence-corrected chi connectivity index (χ2v) is 4.71. The van der Waals surface area contributed by atoms with Crippen LogP contribution in [0.25, 0.3) is 5.52 Å². The van der Waals surface area contributed by atoms with Crippen molar-refractivity contribution in [2.45, 2.75) is 25.7 Å². The smallest absolute Gasteiger partial charge is 0.154 e. The highest BCUT2D eigenvalue weighted by Gasteiger charge is 2.28. The SMILES string of the molecule is C=C1CC(c2nc(C)c3c(Cl)nccn23)C1. The van der Waals surface area contributed by atoms with Crippen molar-refractivity contribution < 1.29 is 0 Å². The van der Waals surface area contributed by atoms with Crippen LogP contribution in [0.3, 0.4) is 0 Å². The second-order valence-electron chi connectivity index (χ2n) is 4.35. The first kappa shape index (κ1) is 9.85. The van der Waals surface area contributed by atoms with Crippen LogP contribution < -0.4 is 0 Å². The van der Waals surface area contributed by atoms with Crippen LogP contribution >= 0.6 is 11.6 Å². The zero-order chi connectivity index (χ0) is 11.3. The van der Waals surface area contributed by atoms with Gasteiger partial charge >= 0.3 is 0 Å². The van der Waals surface area contributed by atoms with Gasteiger partial charge in [-0.2, -0.15) is 0 Å². The number of imidazole rings is 1. The number of hydrogen-bond donors (Lipinski definition) is 0. The minimum absolute atomic E-state index is 0.493. The van der Waals surface area contributed by atoms with Gasteiger partial charge in [0.25, 0.3) is 0 Å². The minimum atomic E-state index is 0.493. The predicted octanol–water partition coefficient (Wildman–Crippen LogP) is 3.12. The van der Waals surface area contributed by atoms with Gasteiger partial charge in [-0.3, -0.25) is 4.40 Å². The molecule has 0 radical (unpaired) electrons. The van der Waals surface area contributed by atoms with Gasteiger partial charge in [0.1, 0.15) is 11.3 Å². The molecule has 0 bridgehead atoms. The molecule has 0 N–H and O–H groups in total. The fourth-order valence-electron chi connectivity index (χ4n) is 2.30. The highest BCUT2D eigenvalue weighted by molar-refractivity contribution is 6.32. The van der Waals surface area contributed by atoms with E-state index in [1.165, 1.54) is 5.57 Å². The summed E-state index contributed by atoms with van der Waals surface area (Å²) in [6.45, 7) is 5.94. The second kappa shape index (κ2) is 3.32. The molecule has 82 valence electrons. The van der Waals surface area contributed by atoms with Gasteiger partial charge in [0.15, 0.2) is 5.15 Å². The monoisotopic (exact) mass is 233 g/mol. The molecule has 16 heavy (non-hydrogen) atoms. The lowest BCUT2D eigenvalue weighted by Crippen LogP contribution is -2.15. The van der Waals surface area contributed by atoms with Gasteiger partial charge in [0, 0.05) is 18.3 Å². The molecule has 0 atom stereocenters. The molecule has 1 saturated carbocycles. The number of aromatic nitrogens is 3. The molecule has 1 aliphatic rings. The third-order valence-corrected chi connectivity index (χ3v) is 3.42. The Morgan fingerprint density at radius 2 is 2.25 bits per heavy atom. The number of hydrogen-bond acceptors (Lipinski definition) is 2. The Bertz CT molecular complexity index is 577. The summed E-state index contributed by atoms with van der Waals surface area (Å²) in [6.07, 6.45) is 5.72. The number of halogens is 1. The van der Waals surface area contributed by atoms with Gasteiger partial charge in [-0.05, 0) is 19.8 Å². The summed E-state index contributed by atoms with van der Waals surface area (Å²) in [4.78, 5) is 8.69. The van der Waals surface area contributed by atoms with Crippen molar-refractivity contribution in [1.82, 2.24) is 14.4 Å². The molecule has 3 nitrogen and oxygen atoms in total. The van der Waals surface area contributed by atoms with Crippen LogP contribution in [0.2, 0.25) is 5.15 Å². The maximum absolute atomic E-state index is 6.08.